The second-order valence-electron chi connectivity index (χ2n) is 5.74. The molecule has 1 saturated heterocycles. The monoisotopic (exact) mass is 341 g/mol. The molecule has 1 aliphatic rings. The number of aliphatic hydroxyl groups is 1. The first kappa shape index (κ1) is 15.7. The Morgan fingerprint density at radius 1 is 1.32 bits per heavy atom. The molecule has 22 heavy (non-hydrogen) atoms. The fourth-order valence-electron chi connectivity index (χ4n) is 2.85. The zero-order valence-electron chi connectivity index (χ0n) is 12.2. The summed E-state index contributed by atoms with van der Waals surface area (Å²) in [6.45, 7) is 3.84. The van der Waals surface area contributed by atoms with E-state index in [1.165, 1.54) is 0 Å². The normalized spacial score (nSPS) is 22.4. The number of rotatable bonds is 4. The van der Waals surface area contributed by atoms with E-state index in [-0.39, 0.29) is 5.92 Å². The fraction of sp³-hybridized carbons (Fsp3) is 0.467. The van der Waals surface area contributed by atoms with Gasteiger partial charge in [0.2, 0.25) is 0 Å². The molecule has 2 aromatic heterocycles. The largest absolute Gasteiger partial charge is 0.391 e. The van der Waals surface area contributed by atoms with Crippen LogP contribution in [0.15, 0.2) is 23.0 Å². The Labute approximate surface area is 138 Å². The molecular weight excluding hydrogens is 325 g/mol. The highest BCUT2D eigenvalue weighted by Crippen LogP contribution is 2.28. The number of halogens is 2. The summed E-state index contributed by atoms with van der Waals surface area (Å²) in [5.41, 5.74) is 1.70. The molecule has 3 heterocycles. The average molecular weight is 342 g/mol. The van der Waals surface area contributed by atoms with Crippen molar-refractivity contribution in [3.8, 4) is 0 Å². The number of nitrogens with zero attached hydrogens (tertiary/aromatic N) is 3. The predicted molar refractivity (Wildman–Crippen MR) is 84.0 cm³/mol. The van der Waals surface area contributed by atoms with Gasteiger partial charge in [0.25, 0.3) is 0 Å². The summed E-state index contributed by atoms with van der Waals surface area (Å²) in [5.74, 6) is 0.926. The second-order valence-corrected chi connectivity index (χ2v) is 6.56. The Bertz CT molecular complexity index is 642. The number of aryl methyl sites for hydroxylation is 1. The van der Waals surface area contributed by atoms with Crippen LogP contribution in [0.1, 0.15) is 17.0 Å². The van der Waals surface area contributed by atoms with Gasteiger partial charge in [0.15, 0.2) is 0 Å². The number of pyridine rings is 1. The molecule has 118 valence electrons. The summed E-state index contributed by atoms with van der Waals surface area (Å²) < 4.78 is 5.24. The summed E-state index contributed by atoms with van der Waals surface area (Å²) in [7, 11) is 0. The third kappa shape index (κ3) is 3.43. The van der Waals surface area contributed by atoms with Crippen LogP contribution in [-0.4, -0.2) is 39.3 Å². The van der Waals surface area contributed by atoms with Gasteiger partial charge in [0.1, 0.15) is 5.76 Å². The van der Waals surface area contributed by atoms with Crippen LogP contribution in [0.2, 0.25) is 10.0 Å². The average Bonchev–Trinajstić information content (AvgIpc) is 3.01. The molecule has 5 nitrogen and oxygen atoms in total. The molecule has 0 saturated carbocycles. The van der Waals surface area contributed by atoms with Gasteiger partial charge >= 0.3 is 0 Å². The number of hydrogen-bond donors (Lipinski definition) is 1. The lowest BCUT2D eigenvalue weighted by molar-refractivity contribution is 0.137. The molecule has 1 fully saturated rings. The molecule has 2 aromatic rings. The number of aromatic nitrogens is 2. The van der Waals surface area contributed by atoms with Crippen molar-refractivity contribution in [1.82, 2.24) is 15.0 Å². The number of β-amino-alcohol motifs (C(OH)–C–C–N with tert-alkyl or cyclic N) is 1. The highest BCUT2D eigenvalue weighted by Gasteiger charge is 2.32. The molecule has 0 aromatic carbocycles. The van der Waals surface area contributed by atoms with Crippen molar-refractivity contribution in [3.05, 3.63) is 45.5 Å². The molecular formula is C15H17Cl2N3O2. The van der Waals surface area contributed by atoms with Crippen LogP contribution in [0.4, 0.5) is 0 Å². The minimum Gasteiger partial charge on any atom is -0.391 e. The lowest BCUT2D eigenvalue weighted by Crippen LogP contribution is -2.21. The van der Waals surface area contributed by atoms with Crippen LogP contribution in [0.25, 0.3) is 0 Å². The van der Waals surface area contributed by atoms with E-state index >= 15 is 0 Å². The molecule has 2 atom stereocenters. The maximum atomic E-state index is 10.3. The van der Waals surface area contributed by atoms with Crippen molar-refractivity contribution < 1.29 is 9.63 Å². The Balaban J connectivity index is 1.65. The second kappa shape index (κ2) is 6.54. The highest BCUT2D eigenvalue weighted by molar-refractivity contribution is 6.35. The minimum atomic E-state index is -0.398. The van der Waals surface area contributed by atoms with E-state index in [0.717, 1.165) is 23.6 Å². The highest BCUT2D eigenvalue weighted by atomic mass is 35.5. The van der Waals surface area contributed by atoms with Gasteiger partial charge in [-0.1, -0.05) is 28.4 Å². The van der Waals surface area contributed by atoms with Gasteiger partial charge in [-0.25, -0.2) is 0 Å². The van der Waals surface area contributed by atoms with Gasteiger partial charge in [0.05, 0.1) is 21.8 Å². The lowest BCUT2D eigenvalue weighted by Gasteiger charge is -2.17. The Hall–Kier alpha value is -1.14. The topological polar surface area (TPSA) is 62.4 Å². The third-order valence-corrected chi connectivity index (χ3v) is 4.61. The van der Waals surface area contributed by atoms with Crippen molar-refractivity contribution in [3.63, 3.8) is 0 Å². The van der Waals surface area contributed by atoms with E-state index in [1.54, 1.807) is 12.4 Å². The van der Waals surface area contributed by atoms with Crippen molar-refractivity contribution in [2.24, 2.45) is 5.92 Å². The smallest absolute Gasteiger partial charge is 0.137 e. The van der Waals surface area contributed by atoms with Crippen LogP contribution >= 0.6 is 23.2 Å². The minimum absolute atomic E-state index is 0.117. The Kier molecular flexibility index (Phi) is 4.68. The summed E-state index contributed by atoms with van der Waals surface area (Å²) in [4.78, 5) is 6.10. The lowest BCUT2D eigenvalue weighted by atomic mass is 10.0. The molecule has 7 heteroatoms. The Morgan fingerprint density at radius 3 is 2.68 bits per heavy atom. The van der Waals surface area contributed by atoms with Gasteiger partial charge in [-0.15, -0.1) is 0 Å². The molecule has 1 N–H and O–H groups in total. The predicted octanol–water partition coefficient (Wildman–Crippen LogP) is 2.72. The number of likely N-dealkylation sites (tertiary alicyclic amines) is 1. The van der Waals surface area contributed by atoms with Crippen LogP contribution in [0, 0.1) is 12.8 Å². The first-order chi connectivity index (χ1) is 10.5. The maximum absolute atomic E-state index is 10.3. The summed E-state index contributed by atoms with van der Waals surface area (Å²) in [6, 6.07) is 1.91. The zero-order chi connectivity index (χ0) is 15.7. The van der Waals surface area contributed by atoms with Gasteiger partial charge in [-0.05, 0) is 6.92 Å². The van der Waals surface area contributed by atoms with Gasteiger partial charge in [-0.3, -0.25) is 9.88 Å². The Morgan fingerprint density at radius 2 is 2.05 bits per heavy atom. The van der Waals surface area contributed by atoms with E-state index < -0.39 is 6.10 Å². The van der Waals surface area contributed by atoms with Gasteiger partial charge in [0, 0.05) is 56.0 Å². The number of hydrogen-bond acceptors (Lipinski definition) is 5. The molecule has 0 bridgehead atoms. The van der Waals surface area contributed by atoms with E-state index in [4.69, 9.17) is 27.7 Å². The summed E-state index contributed by atoms with van der Waals surface area (Å²) >= 11 is 12.3. The first-order valence-corrected chi connectivity index (χ1v) is 7.89. The van der Waals surface area contributed by atoms with Crippen LogP contribution in [-0.2, 0) is 13.0 Å². The molecule has 0 radical (unpaired) electrons. The van der Waals surface area contributed by atoms with Crippen molar-refractivity contribution >= 4 is 23.2 Å². The SMILES string of the molecule is Cc1cc(C[C@@H]2CN(Cc3c(Cl)cncc3Cl)C[C@H]2O)on1. The molecule has 0 spiro atoms. The van der Waals surface area contributed by atoms with Crippen LogP contribution < -0.4 is 0 Å². The fourth-order valence-corrected chi connectivity index (χ4v) is 3.34. The molecule has 0 unspecified atom stereocenters. The van der Waals surface area contributed by atoms with Crippen molar-refractivity contribution in [2.45, 2.75) is 26.0 Å². The van der Waals surface area contributed by atoms with E-state index in [1.807, 2.05) is 13.0 Å². The van der Waals surface area contributed by atoms with Crippen LogP contribution in [0.5, 0.6) is 0 Å². The molecule has 0 amide bonds. The van der Waals surface area contributed by atoms with E-state index in [0.29, 0.717) is 29.6 Å². The standard InChI is InChI=1S/C15H17Cl2N3O2/c1-9-2-11(22-19-9)3-10-6-20(8-15(10)21)7-12-13(16)4-18-5-14(12)17/h2,4-5,10,15,21H,3,6-8H2,1H3/t10-,15-/m1/s1. The quantitative estimate of drug-likeness (QED) is 0.926. The van der Waals surface area contributed by atoms with E-state index in [2.05, 4.69) is 15.0 Å². The van der Waals surface area contributed by atoms with Gasteiger partial charge in [-0.2, -0.15) is 0 Å². The zero-order valence-corrected chi connectivity index (χ0v) is 13.7. The van der Waals surface area contributed by atoms with Crippen molar-refractivity contribution in [2.75, 3.05) is 13.1 Å². The maximum Gasteiger partial charge on any atom is 0.137 e. The summed E-state index contributed by atoms with van der Waals surface area (Å²) in [5, 5.41) is 15.2. The first-order valence-electron chi connectivity index (χ1n) is 7.13. The number of aliphatic hydroxyl groups excluding tert-OH is 1. The molecule has 1 aliphatic heterocycles. The molecule has 0 aliphatic carbocycles. The molecule has 3 rings (SSSR count). The van der Waals surface area contributed by atoms with Crippen molar-refractivity contribution in [1.29, 1.82) is 0 Å². The third-order valence-electron chi connectivity index (χ3n) is 3.96. The van der Waals surface area contributed by atoms with E-state index in [9.17, 15) is 5.11 Å². The summed E-state index contributed by atoms with van der Waals surface area (Å²) in [6.07, 6.45) is 3.45. The van der Waals surface area contributed by atoms with Gasteiger partial charge < -0.3 is 9.63 Å². The van der Waals surface area contributed by atoms with Crippen LogP contribution in [0.3, 0.4) is 0 Å².